The predicted octanol–water partition coefficient (Wildman–Crippen LogP) is 2.13. The Bertz CT molecular complexity index is 417. The summed E-state index contributed by atoms with van der Waals surface area (Å²) in [6, 6.07) is 10.8. The van der Waals surface area contributed by atoms with E-state index in [1.165, 1.54) is 24.8 Å². The number of ether oxygens (including phenoxy) is 1. The van der Waals surface area contributed by atoms with Crippen LogP contribution in [0.2, 0.25) is 0 Å². The Morgan fingerprint density at radius 1 is 0.917 bits per heavy atom. The van der Waals surface area contributed by atoms with E-state index >= 15 is 0 Å². The normalized spacial score (nSPS) is 13.2. The summed E-state index contributed by atoms with van der Waals surface area (Å²) >= 11 is 0. The Morgan fingerprint density at radius 2 is 1.54 bits per heavy atom. The summed E-state index contributed by atoms with van der Waals surface area (Å²) in [5.74, 6) is 1.47. The molecule has 1 atom stereocenters. The maximum atomic E-state index is 6.26. The summed E-state index contributed by atoms with van der Waals surface area (Å²) < 4.78 is 7.24. The summed E-state index contributed by atoms with van der Waals surface area (Å²) in [5.41, 5.74) is 1.40. The molecule has 0 fully saturated rings. The zero-order valence-corrected chi connectivity index (χ0v) is 17.4. The largest absolute Gasteiger partial charge is 1.00 e. The highest BCUT2D eigenvalue weighted by atomic mass is 35.5. The van der Waals surface area contributed by atoms with Crippen LogP contribution in [0, 0.1) is 11.8 Å². The number of rotatable bonds is 11. The van der Waals surface area contributed by atoms with Crippen molar-refractivity contribution in [1.29, 1.82) is 0 Å². The van der Waals surface area contributed by atoms with Crippen LogP contribution < -0.4 is 12.4 Å². The van der Waals surface area contributed by atoms with Crippen LogP contribution in [0.5, 0.6) is 0 Å². The van der Waals surface area contributed by atoms with Crippen molar-refractivity contribution < 1.29 is 21.6 Å². The maximum absolute atomic E-state index is 6.26. The monoisotopic (exact) mass is 355 g/mol. The van der Waals surface area contributed by atoms with Crippen molar-refractivity contribution in [2.75, 3.05) is 27.2 Å². The fraction of sp³-hybridized carbons (Fsp3) is 0.714. The van der Waals surface area contributed by atoms with Gasteiger partial charge in [0.15, 0.2) is 0 Å². The second-order valence-electron chi connectivity index (χ2n) is 8.40. The summed E-state index contributed by atoms with van der Waals surface area (Å²) in [6.07, 6.45) is 4.06. The van der Waals surface area contributed by atoms with Crippen LogP contribution in [-0.2, 0) is 11.3 Å². The highest BCUT2D eigenvalue weighted by Crippen LogP contribution is 2.17. The maximum Gasteiger partial charge on any atom is 0.104 e. The van der Waals surface area contributed by atoms with Gasteiger partial charge in [0, 0.05) is 5.56 Å². The first-order chi connectivity index (χ1) is 10.8. The third-order valence-electron chi connectivity index (χ3n) is 4.30. The van der Waals surface area contributed by atoms with E-state index in [0.717, 1.165) is 30.1 Å². The highest BCUT2D eigenvalue weighted by Gasteiger charge is 2.18. The molecule has 140 valence electrons. The molecule has 0 bridgehead atoms. The van der Waals surface area contributed by atoms with Gasteiger partial charge in [-0.25, -0.2) is 0 Å². The average molecular weight is 356 g/mol. The molecule has 0 aliphatic rings. The minimum Gasteiger partial charge on any atom is -1.00 e. The first kappa shape index (κ1) is 23.4. The molecule has 0 aromatic heterocycles. The van der Waals surface area contributed by atoms with Crippen molar-refractivity contribution in [3.63, 3.8) is 0 Å². The van der Waals surface area contributed by atoms with Gasteiger partial charge in [0.25, 0.3) is 0 Å². The van der Waals surface area contributed by atoms with Crippen molar-refractivity contribution in [2.45, 2.75) is 59.6 Å². The van der Waals surface area contributed by atoms with Crippen molar-refractivity contribution in [3.05, 3.63) is 35.9 Å². The van der Waals surface area contributed by atoms with E-state index < -0.39 is 0 Å². The molecule has 0 amide bonds. The van der Waals surface area contributed by atoms with Crippen molar-refractivity contribution >= 4 is 0 Å². The molecule has 24 heavy (non-hydrogen) atoms. The van der Waals surface area contributed by atoms with Gasteiger partial charge in [0.1, 0.15) is 13.1 Å². The molecule has 0 saturated carbocycles. The second kappa shape index (κ2) is 11.9. The lowest BCUT2D eigenvalue weighted by molar-refractivity contribution is -0.904. The Morgan fingerprint density at radius 3 is 2.08 bits per heavy atom. The van der Waals surface area contributed by atoms with E-state index in [2.05, 4.69) is 72.1 Å². The minimum atomic E-state index is 0. The molecule has 1 rings (SSSR count). The van der Waals surface area contributed by atoms with Crippen LogP contribution in [0.4, 0.5) is 0 Å². The first-order valence-electron chi connectivity index (χ1n) is 9.26. The quantitative estimate of drug-likeness (QED) is 0.552. The molecule has 0 saturated heterocycles. The smallest absolute Gasteiger partial charge is 0.104 e. The number of benzene rings is 1. The van der Waals surface area contributed by atoms with Gasteiger partial charge in [-0.1, -0.05) is 58.0 Å². The number of halogens is 1. The Balaban J connectivity index is 0.00000529. The zero-order valence-electron chi connectivity index (χ0n) is 16.6. The molecule has 1 aromatic carbocycles. The lowest BCUT2D eigenvalue weighted by atomic mass is 9.98. The van der Waals surface area contributed by atoms with E-state index in [-0.39, 0.29) is 12.4 Å². The summed E-state index contributed by atoms with van der Waals surface area (Å²) in [7, 11) is 4.59. The molecule has 1 unspecified atom stereocenters. The van der Waals surface area contributed by atoms with E-state index in [9.17, 15) is 0 Å². The fourth-order valence-electron chi connectivity index (χ4n) is 2.94. The van der Waals surface area contributed by atoms with E-state index in [0.29, 0.717) is 12.0 Å². The third-order valence-corrected chi connectivity index (χ3v) is 4.30. The van der Waals surface area contributed by atoms with Gasteiger partial charge in [-0.05, 0) is 31.1 Å². The fourth-order valence-corrected chi connectivity index (χ4v) is 2.94. The molecule has 0 aliphatic carbocycles. The molecule has 0 N–H and O–H groups in total. The third kappa shape index (κ3) is 11.1. The molecule has 1 aromatic rings. The van der Waals surface area contributed by atoms with Crippen molar-refractivity contribution in [1.82, 2.24) is 0 Å². The summed E-state index contributed by atoms with van der Waals surface area (Å²) in [5, 5.41) is 0. The molecule has 0 radical (unpaired) electrons. The van der Waals surface area contributed by atoms with E-state index in [1.54, 1.807) is 0 Å². The number of hydrogen-bond acceptors (Lipinski definition) is 1. The lowest BCUT2D eigenvalue weighted by Crippen LogP contribution is -3.00. The van der Waals surface area contributed by atoms with Crippen LogP contribution in [0.1, 0.15) is 52.5 Å². The van der Waals surface area contributed by atoms with Crippen LogP contribution in [0.15, 0.2) is 30.3 Å². The van der Waals surface area contributed by atoms with Crippen LogP contribution in [-0.4, -0.2) is 37.8 Å². The van der Waals surface area contributed by atoms with Gasteiger partial charge >= 0.3 is 0 Å². The zero-order chi connectivity index (χ0) is 17.3. The number of nitrogens with zero attached hydrogens (tertiary/aromatic N) is 1. The Labute approximate surface area is 156 Å². The SMILES string of the molecule is CC(C)CCC(CC(C)C)OCC[N+](C)(C)Cc1ccccc1.[Cl-]. The molecule has 2 nitrogen and oxygen atoms in total. The van der Waals surface area contributed by atoms with Crippen molar-refractivity contribution in [3.8, 4) is 0 Å². The van der Waals surface area contributed by atoms with E-state index in [1.807, 2.05) is 0 Å². The Kier molecular flexibility index (Phi) is 11.6. The van der Waals surface area contributed by atoms with Gasteiger partial charge in [-0.3, -0.25) is 0 Å². The van der Waals surface area contributed by atoms with Crippen molar-refractivity contribution in [2.24, 2.45) is 11.8 Å². The second-order valence-corrected chi connectivity index (χ2v) is 8.40. The summed E-state index contributed by atoms with van der Waals surface area (Å²) in [4.78, 5) is 0. The summed E-state index contributed by atoms with van der Waals surface area (Å²) in [6.45, 7) is 12.2. The lowest BCUT2D eigenvalue weighted by Gasteiger charge is -2.31. The highest BCUT2D eigenvalue weighted by molar-refractivity contribution is 5.13. The molecule has 0 spiro atoms. The van der Waals surface area contributed by atoms with Gasteiger partial charge in [0.05, 0.1) is 26.8 Å². The van der Waals surface area contributed by atoms with Gasteiger partial charge in [-0.2, -0.15) is 0 Å². The molecule has 0 heterocycles. The number of likely N-dealkylation sites (N-methyl/N-ethyl adjacent to an activating group) is 1. The van der Waals surface area contributed by atoms with Crippen LogP contribution in [0.3, 0.4) is 0 Å². The molecule has 0 aliphatic heterocycles. The van der Waals surface area contributed by atoms with Crippen LogP contribution in [0.25, 0.3) is 0 Å². The van der Waals surface area contributed by atoms with Crippen LogP contribution >= 0.6 is 0 Å². The van der Waals surface area contributed by atoms with Gasteiger partial charge < -0.3 is 21.6 Å². The first-order valence-corrected chi connectivity index (χ1v) is 9.26. The molecule has 3 heteroatoms. The number of quaternary nitrogens is 1. The number of hydrogen-bond donors (Lipinski definition) is 0. The average Bonchev–Trinajstić information content (AvgIpc) is 2.44. The van der Waals surface area contributed by atoms with E-state index in [4.69, 9.17) is 4.74 Å². The van der Waals surface area contributed by atoms with Gasteiger partial charge in [0.2, 0.25) is 0 Å². The topological polar surface area (TPSA) is 9.23 Å². The minimum absolute atomic E-state index is 0. The standard InChI is InChI=1S/C21H38NO.ClH/c1-18(2)12-13-21(16-19(3)4)23-15-14-22(5,6)17-20-10-8-7-9-11-20;/h7-11,18-19,21H,12-17H2,1-6H3;1H/q+1;/p-1. The van der Waals surface area contributed by atoms with Gasteiger partial charge in [-0.15, -0.1) is 0 Å². The molecular weight excluding hydrogens is 318 g/mol. The Hall–Kier alpha value is -0.570. The predicted molar refractivity (Wildman–Crippen MR) is 100 cm³/mol. The molecular formula is C21H38ClNO.